The molecule has 9 heteroatoms. The Balaban J connectivity index is 4.84. The molecule has 0 saturated heterocycles. The topological polar surface area (TPSA) is 105 Å². The van der Waals surface area contributed by atoms with Crippen LogP contribution in [0.15, 0.2) is 0 Å². The molecule has 140 valence electrons. The molecule has 0 heterocycles. The van der Waals surface area contributed by atoms with Gasteiger partial charge in [0.2, 0.25) is 5.91 Å². The molecule has 0 aromatic rings. The van der Waals surface area contributed by atoms with Crippen molar-refractivity contribution in [1.82, 2.24) is 10.6 Å². The van der Waals surface area contributed by atoms with Crippen molar-refractivity contribution in [2.75, 3.05) is 24.0 Å². The van der Waals surface area contributed by atoms with Gasteiger partial charge < -0.3 is 20.5 Å². The molecule has 0 unspecified atom stereocenters. The number of nitrogens with one attached hydrogen (secondary N) is 2. The highest BCUT2D eigenvalue weighted by Gasteiger charge is 2.27. The molecule has 0 spiro atoms. The zero-order valence-electron chi connectivity index (χ0n) is 14.9. The number of hydrogen-bond acceptors (Lipinski definition) is 6. The maximum Gasteiger partial charge on any atom is 0.408 e. The first-order chi connectivity index (χ1) is 11.1. The zero-order valence-corrected chi connectivity index (χ0v) is 16.5. The van der Waals surface area contributed by atoms with E-state index in [1.165, 1.54) is 23.5 Å². The summed E-state index contributed by atoms with van der Waals surface area (Å²) in [5, 5.41) is 14.2. The van der Waals surface area contributed by atoms with Gasteiger partial charge in [-0.2, -0.15) is 23.5 Å². The molecule has 0 aliphatic carbocycles. The Morgan fingerprint density at radius 1 is 1.00 bits per heavy atom. The third kappa shape index (κ3) is 10.6. The third-order valence-corrected chi connectivity index (χ3v) is 4.13. The van der Waals surface area contributed by atoms with Gasteiger partial charge in [0.1, 0.15) is 17.7 Å². The summed E-state index contributed by atoms with van der Waals surface area (Å²) in [5.41, 5.74) is -0.674. The van der Waals surface area contributed by atoms with E-state index in [0.29, 0.717) is 24.3 Å². The lowest BCUT2D eigenvalue weighted by Crippen LogP contribution is -2.52. The molecule has 0 aromatic carbocycles. The van der Waals surface area contributed by atoms with E-state index < -0.39 is 35.7 Å². The van der Waals surface area contributed by atoms with Gasteiger partial charge in [-0.25, -0.2) is 9.59 Å². The molecule has 0 aromatic heterocycles. The average molecular weight is 381 g/mol. The molecule has 0 radical (unpaired) electrons. The van der Waals surface area contributed by atoms with Crippen molar-refractivity contribution < 1.29 is 24.2 Å². The van der Waals surface area contributed by atoms with Crippen LogP contribution in [0.4, 0.5) is 4.79 Å². The predicted octanol–water partition coefficient (Wildman–Crippen LogP) is 1.96. The smallest absolute Gasteiger partial charge is 0.408 e. The Labute approximate surface area is 152 Å². The molecular formula is C15H28N2O5S2. The maximum atomic E-state index is 12.4. The SMILES string of the molecule is CSCC[C@H](NC(=O)[C@H](CCSC)NC(=O)OC(C)(C)C)C(=O)O. The van der Waals surface area contributed by atoms with E-state index >= 15 is 0 Å². The van der Waals surface area contributed by atoms with Crippen LogP contribution < -0.4 is 10.6 Å². The molecule has 2 amide bonds. The Kier molecular flexibility index (Phi) is 10.9. The van der Waals surface area contributed by atoms with Crippen molar-refractivity contribution in [1.29, 1.82) is 0 Å². The summed E-state index contributed by atoms with van der Waals surface area (Å²) in [7, 11) is 0. The number of carboxylic acid groups (broad SMARTS) is 1. The van der Waals surface area contributed by atoms with Crippen LogP contribution >= 0.6 is 23.5 Å². The van der Waals surface area contributed by atoms with Gasteiger partial charge in [-0.1, -0.05) is 0 Å². The number of alkyl carbamates (subject to hydrolysis) is 1. The lowest BCUT2D eigenvalue weighted by atomic mass is 10.1. The minimum Gasteiger partial charge on any atom is -0.480 e. The second kappa shape index (κ2) is 11.5. The van der Waals surface area contributed by atoms with Crippen molar-refractivity contribution in [3.05, 3.63) is 0 Å². The molecule has 0 aliphatic heterocycles. The van der Waals surface area contributed by atoms with Crippen molar-refractivity contribution in [3.63, 3.8) is 0 Å². The van der Waals surface area contributed by atoms with Crippen LogP contribution in [0.5, 0.6) is 0 Å². The number of hydrogen-bond donors (Lipinski definition) is 3. The first-order valence-electron chi connectivity index (χ1n) is 7.61. The minimum absolute atomic E-state index is 0.323. The quantitative estimate of drug-likeness (QED) is 0.532. The third-order valence-electron chi connectivity index (χ3n) is 2.84. The Hall–Kier alpha value is -1.09. The van der Waals surface area contributed by atoms with E-state index in [-0.39, 0.29) is 0 Å². The van der Waals surface area contributed by atoms with Crippen LogP contribution in [0.3, 0.4) is 0 Å². The van der Waals surface area contributed by atoms with E-state index in [4.69, 9.17) is 4.74 Å². The molecule has 0 aliphatic rings. The highest BCUT2D eigenvalue weighted by atomic mass is 32.2. The number of thioether (sulfide) groups is 2. The maximum absolute atomic E-state index is 12.4. The van der Waals surface area contributed by atoms with Gasteiger partial charge in [0, 0.05) is 0 Å². The van der Waals surface area contributed by atoms with Gasteiger partial charge in [0.15, 0.2) is 0 Å². The van der Waals surface area contributed by atoms with Crippen molar-refractivity contribution in [2.24, 2.45) is 0 Å². The van der Waals surface area contributed by atoms with E-state index in [9.17, 15) is 19.5 Å². The number of aliphatic carboxylic acids is 1. The van der Waals surface area contributed by atoms with Crippen LogP contribution in [0.2, 0.25) is 0 Å². The van der Waals surface area contributed by atoms with Gasteiger partial charge in [-0.05, 0) is 57.6 Å². The summed E-state index contributed by atoms with van der Waals surface area (Å²) in [6.07, 6.45) is 3.78. The molecule has 0 bridgehead atoms. The Bertz CT molecular complexity index is 427. The number of carbonyl (C=O) groups excluding carboxylic acids is 2. The number of carbonyl (C=O) groups is 3. The van der Waals surface area contributed by atoms with Crippen LogP contribution in [0.25, 0.3) is 0 Å². The summed E-state index contributed by atoms with van der Waals surface area (Å²) in [6.45, 7) is 5.19. The molecular weight excluding hydrogens is 352 g/mol. The van der Waals surface area contributed by atoms with Crippen molar-refractivity contribution >= 4 is 41.5 Å². The fourth-order valence-corrected chi connectivity index (χ4v) is 2.66. The normalized spacial score (nSPS) is 13.7. The van der Waals surface area contributed by atoms with Crippen LogP contribution in [0.1, 0.15) is 33.6 Å². The van der Waals surface area contributed by atoms with Gasteiger partial charge >= 0.3 is 12.1 Å². The lowest BCUT2D eigenvalue weighted by Gasteiger charge is -2.24. The van der Waals surface area contributed by atoms with E-state index in [0.717, 1.165) is 0 Å². The monoisotopic (exact) mass is 380 g/mol. The van der Waals surface area contributed by atoms with E-state index in [1.807, 2.05) is 12.5 Å². The molecule has 24 heavy (non-hydrogen) atoms. The second-order valence-corrected chi connectivity index (χ2v) is 8.13. The zero-order chi connectivity index (χ0) is 18.8. The minimum atomic E-state index is -1.08. The fraction of sp³-hybridized carbons (Fsp3) is 0.800. The fourth-order valence-electron chi connectivity index (χ4n) is 1.72. The summed E-state index contributed by atoms with van der Waals surface area (Å²) in [6, 6.07) is -1.80. The molecule has 0 fully saturated rings. The summed E-state index contributed by atoms with van der Waals surface area (Å²) in [5.74, 6) is -0.329. The number of ether oxygens (including phenoxy) is 1. The standard InChI is InChI=1S/C15H28N2O5S2/c1-15(2,3)22-14(21)17-10(6-8-23-4)12(18)16-11(13(19)20)7-9-24-5/h10-11H,6-9H2,1-5H3,(H,16,18)(H,17,21)(H,19,20)/t10-,11-/m0/s1. The lowest BCUT2D eigenvalue weighted by molar-refractivity contribution is -0.142. The molecule has 0 rings (SSSR count). The van der Waals surface area contributed by atoms with Crippen molar-refractivity contribution in [3.8, 4) is 0 Å². The summed E-state index contributed by atoms with van der Waals surface area (Å²) < 4.78 is 5.16. The summed E-state index contributed by atoms with van der Waals surface area (Å²) in [4.78, 5) is 35.5. The number of amides is 2. The Morgan fingerprint density at radius 2 is 1.50 bits per heavy atom. The van der Waals surface area contributed by atoms with Gasteiger partial charge in [-0.3, -0.25) is 4.79 Å². The van der Waals surface area contributed by atoms with Gasteiger partial charge in [0.25, 0.3) is 0 Å². The van der Waals surface area contributed by atoms with Crippen LogP contribution in [-0.2, 0) is 14.3 Å². The Morgan fingerprint density at radius 3 is 1.92 bits per heavy atom. The van der Waals surface area contributed by atoms with Crippen LogP contribution in [0, 0.1) is 0 Å². The first-order valence-corrected chi connectivity index (χ1v) is 10.4. The largest absolute Gasteiger partial charge is 0.480 e. The van der Waals surface area contributed by atoms with Gasteiger partial charge in [0.05, 0.1) is 0 Å². The predicted molar refractivity (Wildman–Crippen MR) is 98.7 cm³/mol. The van der Waals surface area contributed by atoms with E-state index in [2.05, 4.69) is 10.6 Å². The highest BCUT2D eigenvalue weighted by Crippen LogP contribution is 2.09. The summed E-state index contributed by atoms with van der Waals surface area (Å²) >= 11 is 3.04. The highest BCUT2D eigenvalue weighted by molar-refractivity contribution is 7.98. The average Bonchev–Trinajstić information content (AvgIpc) is 2.45. The molecule has 0 saturated carbocycles. The van der Waals surface area contributed by atoms with Crippen molar-refractivity contribution in [2.45, 2.75) is 51.3 Å². The van der Waals surface area contributed by atoms with Gasteiger partial charge in [-0.15, -0.1) is 0 Å². The van der Waals surface area contributed by atoms with Crippen LogP contribution in [-0.4, -0.2) is 64.8 Å². The number of rotatable bonds is 10. The second-order valence-electron chi connectivity index (χ2n) is 6.16. The molecule has 3 N–H and O–H groups in total. The molecule has 2 atom stereocenters. The van der Waals surface area contributed by atoms with E-state index in [1.54, 1.807) is 20.8 Å². The number of carboxylic acids is 1. The molecule has 7 nitrogen and oxygen atoms in total. The first kappa shape index (κ1) is 22.9.